The van der Waals surface area contributed by atoms with Crippen molar-refractivity contribution in [3.05, 3.63) is 78.0 Å². The molecule has 1 fully saturated rings. The lowest BCUT2D eigenvalue weighted by Crippen LogP contribution is -2.40. The molecule has 1 aliphatic rings. The summed E-state index contributed by atoms with van der Waals surface area (Å²) in [6.45, 7) is 2.13. The van der Waals surface area contributed by atoms with Crippen LogP contribution in [-0.2, 0) is 13.6 Å². The van der Waals surface area contributed by atoms with E-state index in [1.807, 2.05) is 45.9 Å². The van der Waals surface area contributed by atoms with Gasteiger partial charge < -0.3 is 10.2 Å². The Morgan fingerprint density at radius 1 is 1.16 bits per heavy atom. The van der Waals surface area contributed by atoms with E-state index in [1.165, 1.54) is 5.56 Å². The molecule has 0 unspecified atom stereocenters. The van der Waals surface area contributed by atoms with Crippen LogP contribution in [0, 0.1) is 0 Å². The van der Waals surface area contributed by atoms with E-state index in [9.17, 15) is 4.79 Å². The van der Waals surface area contributed by atoms with Crippen LogP contribution in [0.25, 0.3) is 5.65 Å². The monoisotopic (exact) mass is 415 g/mol. The summed E-state index contributed by atoms with van der Waals surface area (Å²) in [6.07, 6.45) is 5.54. The number of nitrogens with one attached hydrogen (secondary N) is 1. The molecule has 158 valence electrons. The lowest BCUT2D eigenvalue weighted by molar-refractivity contribution is 0.0693. The number of hydrogen-bond acceptors (Lipinski definition) is 5. The van der Waals surface area contributed by atoms with Gasteiger partial charge in [-0.15, -0.1) is 0 Å². The molecule has 1 atom stereocenters. The van der Waals surface area contributed by atoms with E-state index in [1.54, 1.807) is 24.0 Å². The zero-order valence-electron chi connectivity index (χ0n) is 17.5. The SMILES string of the molecule is Cn1nccc1C(=O)N1CCC[C@H](c2nc3ccc(NCc4ccccc4)cn3n2)C1. The molecule has 4 heterocycles. The van der Waals surface area contributed by atoms with Crippen molar-refractivity contribution in [2.75, 3.05) is 18.4 Å². The van der Waals surface area contributed by atoms with Gasteiger partial charge in [0.1, 0.15) is 5.69 Å². The highest BCUT2D eigenvalue weighted by Crippen LogP contribution is 2.26. The quantitative estimate of drug-likeness (QED) is 0.542. The Bertz CT molecular complexity index is 1200. The maximum atomic E-state index is 12.9. The Balaban J connectivity index is 1.30. The Morgan fingerprint density at radius 3 is 2.84 bits per heavy atom. The van der Waals surface area contributed by atoms with E-state index in [4.69, 9.17) is 10.1 Å². The number of hydrogen-bond donors (Lipinski definition) is 1. The second kappa shape index (κ2) is 8.22. The smallest absolute Gasteiger partial charge is 0.272 e. The van der Waals surface area contributed by atoms with Gasteiger partial charge in [-0.3, -0.25) is 9.48 Å². The largest absolute Gasteiger partial charge is 0.380 e. The fraction of sp³-hybridized carbons (Fsp3) is 0.304. The predicted octanol–water partition coefficient (Wildman–Crippen LogP) is 3.09. The van der Waals surface area contributed by atoms with Gasteiger partial charge in [0.15, 0.2) is 11.5 Å². The number of carbonyl (C=O) groups excluding carboxylic acids is 1. The van der Waals surface area contributed by atoms with Crippen molar-refractivity contribution in [1.82, 2.24) is 29.3 Å². The molecule has 1 amide bonds. The number of fused-ring (bicyclic) bond motifs is 1. The third-order valence-corrected chi connectivity index (χ3v) is 5.80. The van der Waals surface area contributed by atoms with Crippen LogP contribution in [0.5, 0.6) is 0 Å². The van der Waals surface area contributed by atoms with Crippen molar-refractivity contribution >= 4 is 17.2 Å². The summed E-state index contributed by atoms with van der Waals surface area (Å²) in [5.74, 6) is 0.940. The summed E-state index contributed by atoms with van der Waals surface area (Å²) in [5.41, 5.74) is 3.64. The minimum Gasteiger partial charge on any atom is -0.380 e. The zero-order chi connectivity index (χ0) is 21.2. The topological polar surface area (TPSA) is 80.4 Å². The van der Waals surface area contributed by atoms with E-state index in [0.29, 0.717) is 12.2 Å². The van der Waals surface area contributed by atoms with E-state index >= 15 is 0 Å². The fourth-order valence-corrected chi connectivity index (χ4v) is 4.10. The van der Waals surface area contributed by atoms with Crippen molar-refractivity contribution in [3.8, 4) is 0 Å². The second-order valence-electron chi connectivity index (χ2n) is 7.96. The van der Waals surface area contributed by atoms with Crippen LogP contribution in [0.4, 0.5) is 5.69 Å². The lowest BCUT2D eigenvalue weighted by Gasteiger charge is -2.31. The number of aryl methyl sites for hydroxylation is 1. The first kappa shape index (κ1) is 19.3. The summed E-state index contributed by atoms with van der Waals surface area (Å²) in [5, 5.41) is 12.3. The summed E-state index contributed by atoms with van der Waals surface area (Å²) in [7, 11) is 1.79. The molecule has 1 aliphatic heterocycles. The van der Waals surface area contributed by atoms with Crippen LogP contribution in [0.3, 0.4) is 0 Å². The van der Waals surface area contributed by atoms with Gasteiger partial charge in [-0.2, -0.15) is 10.2 Å². The van der Waals surface area contributed by atoms with Crippen molar-refractivity contribution < 1.29 is 4.79 Å². The molecule has 0 bridgehead atoms. The van der Waals surface area contributed by atoms with Crippen LogP contribution in [0.1, 0.15) is 40.6 Å². The maximum Gasteiger partial charge on any atom is 0.272 e. The van der Waals surface area contributed by atoms with Gasteiger partial charge in [-0.1, -0.05) is 30.3 Å². The van der Waals surface area contributed by atoms with Crippen LogP contribution < -0.4 is 5.32 Å². The lowest BCUT2D eigenvalue weighted by atomic mass is 9.97. The van der Waals surface area contributed by atoms with Crippen molar-refractivity contribution in [2.45, 2.75) is 25.3 Å². The van der Waals surface area contributed by atoms with Gasteiger partial charge in [-0.05, 0) is 36.6 Å². The summed E-state index contributed by atoms with van der Waals surface area (Å²) < 4.78 is 3.45. The molecule has 0 spiro atoms. The number of likely N-dealkylation sites (tertiary alicyclic amines) is 1. The third kappa shape index (κ3) is 4.01. The molecule has 8 nitrogen and oxygen atoms in total. The first-order chi connectivity index (χ1) is 15.2. The highest BCUT2D eigenvalue weighted by molar-refractivity contribution is 5.92. The van der Waals surface area contributed by atoms with Crippen LogP contribution in [-0.4, -0.2) is 48.3 Å². The normalized spacial score (nSPS) is 16.5. The minimum absolute atomic E-state index is 0.0147. The van der Waals surface area contributed by atoms with Gasteiger partial charge >= 0.3 is 0 Å². The van der Waals surface area contributed by atoms with E-state index in [2.05, 4.69) is 22.5 Å². The number of carbonyl (C=O) groups is 1. The standard InChI is InChI=1S/C23H25N7O/c1-28-20(11-12-25-28)23(31)29-13-5-8-18(15-29)22-26-21-10-9-19(16-30(21)27-22)24-14-17-6-3-2-4-7-17/h2-4,6-7,9-12,16,18,24H,5,8,13-15H2,1H3/t18-/m0/s1. The Kier molecular flexibility index (Phi) is 5.11. The van der Waals surface area contributed by atoms with Gasteiger partial charge in [0, 0.05) is 38.8 Å². The summed E-state index contributed by atoms with van der Waals surface area (Å²) >= 11 is 0. The summed E-state index contributed by atoms with van der Waals surface area (Å²) in [4.78, 5) is 19.5. The molecule has 8 heteroatoms. The molecular formula is C23H25N7O. The fourth-order valence-electron chi connectivity index (χ4n) is 4.10. The highest BCUT2D eigenvalue weighted by Gasteiger charge is 2.29. The summed E-state index contributed by atoms with van der Waals surface area (Å²) in [6, 6.07) is 16.1. The van der Waals surface area contributed by atoms with Crippen molar-refractivity contribution in [2.24, 2.45) is 7.05 Å². The molecule has 1 aromatic carbocycles. The molecule has 5 rings (SSSR count). The van der Waals surface area contributed by atoms with E-state index in [0.717, 1.165) is 43.1 Å². The number of rotatable bonds is 5. The maximum absolute atomic E-state index is 12.9. The molecule has 1 saturated heterocycles. The van der Waals surface area contributed by atoms with E-state index in [-0.39, 0.29) is 11.8 Å². The molecular weight excluding hydrogens is 390 g/mol. The number of aromatic nitrogens is 5. The number of benzene rings is 1. The number of piperidine rings is 1. The highest BCUT2D eigenvalue weighted by atomic mass is 16.2. The van der Waals surface area contributed by atoms with E-state index < -0.39 is 0 Å². The van der Waals surface area contributed by atoms with Gasteiger partial charge in [0.2, 0.25) is 0 Å². The molecule has 3 aromatic heterocycles. The molecule has 0 radical (unpaired) electrons. The Hall–Kier alpha value is -3.68. The third-order valence-electron chi connectivity index (χ3n) is 5.80. The van der Waals surface area contributed by atoms with Crippen LogP contribution in [0.15, 0.2) is 60.9 Å². The van der Waals surface area contributed by atoms with Gasteiger partial charge in [0.05, 0.1) is 11.9 Å². The molecule has 4 aromatic rings. The number of amides is 1. The van der Waals surface area contributed by atoms with Crippen LogP contribution >= 0.6 is 0 Å². The molecule has 0 aliphatic carbocycles. The van der Waals surface area contributed by atoms with Gasteiger partial charge in [0.25, 0.3) is 5.91 Å². The number of pyridine rings is 1. The van der Waals surface area contributed by atoms with Gasteiger partial charge in [-0.25, -0.2) is 9.50 Å². The number of nitrogens with zero attached hydrogens (tertiary/aromatic N) is 6. The first-order valence-electron chi connectivity index (χ1n) is 10.6. The van der Waals surface area contributed by atoms with Crippen molar-refractivity contribution in [1.29, 1.82) is 0 Å². The molecule has 31 heavy (non-hydrogen) atoms. The minimum atomic E-state index is 0.0147. The van der Waals surface area contributed by atoms with Crippen LogP contribution in [0.2, 0.25) is 0 Å². The zero-order valence-corrected chi connectivity index (χ0v) is 17.5. The second-order valence-corrected chi connectivity index (χ2v) is 7.96. The number of anilines is 1. The molecule has 0 saturated carbocycles. The predicted molar refractivity (Wildman–Crippen MR) is 118 cm³/mol. The average Bonchev–Trinajstić information content (AvgIpc) is 3.43. The first-order valence-corrected chi connectivity index (χ1v) is 10.6. The molecule has 1 N–H and O–H groups in total. The Morgan fingerprint density at radius 2 is 2.03 bits per heavy atom. The van der Waals surface area contributed by atoms with Crippen molar-refractivity contribution in [3.63, 3.8) is 0 Å². The Labute approximate surface area is 180 Å². The average molecular weight is 416 g/mol.